The molecule has 0 aromatic heterocycles. The summed E-state index contributed by atoms with van der Waals surface area (Å²) >= 11 is 12.1. The number of halogens is 2. The van der Waals surface area contributed by atoms with Crippen LogP contribution < -0.4 is 11.1 Å². The van der Waals surface area contributed by atoms with Gasteiger partial charge in [0.25, 0.3) is 5.91 Å². The number of nitrogens with two attached hydrogens (primary N) is 1. The number of amides is 1. The van der Waals surface area contributed by atoms with E-state index in [0.717, 1.165) is 5.56 Å². The highest BCUT2D eigenvalue weighted by molar-refractivity contribution is 6.30. The Kier molecular flexibility index (Phi) is 7.82. The Morgan fingerprint density at radius 2 is 1.61 bits per heavy atom. The van der Waals surface area contributed by atoms with Gasteiger partial charge in [-0.3, -0.25) is 10.1 Å². The summed E-state index contributed by atoms with van der Waals surface area (Å²) < 4.78 is 0. The first kappa shape index (κ1) is 23.0. The monoisotopic (exact) mass is 455 g/mol. The molecule has 3 atom stereocenters. The molecule has 160 valence electrons. The molecule has 3 aromatic carbocycles. The second-order valence-corrected chi connectivity index (χ2v) is 8.01. The zero-order chi connectivity index (χ0) is 22.4. The number of hydrogen-bond donors (Lipinski definition) is 3. The molecule has 4 N–H and O–H groups in total. The van der Waals surface area contributed by atoms with Gasteiger partial charge in [0.15, 0.2) is 0 Å². The summed E-state index contributed by atoms with van der Waals surface area (Å²) in [6.07, 6.45) is -1.04. The Labute approximate surface area is 191 Å². The lowest BCUT2D eigenvalue weighted by Gasteiger charge is -2.25. The van der Waals surface area contributed by atoms with Crippen LogP contribution >= 0.6 is 23.2 Å². The molecule has 0 bridgehead atoms. The fourth-order valence-corrected chi connectivity index (χ4v) is 3.44. The van der Waals surface area contributed by atoms with Crippen LogP contribution in [0.5, 0.6) is 0 Å². The van der Waals surface area contributed by atoms with Crippen molar-refractivity contribution in [2.75, 3.05) is 0 Å². The lowest BCUT2D eigenvalue weighted by molar-refractivity contribution is -0.121. The number of nitrogens with one attached hydrogen (secondary N) is 1. The highest BCUT2D eigenvalue weighted by atomic mass is 35.5. The van der Waals surface area contributed by atoms with Gasteiger partial charge in [-0.25, -0.2) is 0 Å². The molecular formula is C24H23Cl2N3O2. The quantitative estimate of drug-likeness (QED) is 0.274. The third kappa shape index (κ3) is 6.15. The molecule has 3 rings (SSSR count). The predicted molar refractivity (Wildman–Crippen MR) is 125 cm³/mol. The zero-order valence-electron chi connectivity index (χ0n) is 16.9. The van der Waals surface area contributed by atoms with E-state index < -0.39 is 18.2 Å². The molecule has 0 fully saturated rings. The SMILES string of the molecule is CC(c1ccc(Cl)cc1)C(O)NC(C(=O)N=C(N)c1ccccc1)c1cccc(Cl)c1. The highest BCUT2D eigenvalue weighted by Crippen LogP contribution is 2.25. The van der Waals surface area contributed by atoms with Crippen LogP contribution in [0.4, 0.5) is 0 Å². The fourth-order valence-electron chi connectivity index (χ4n) is 3.12. The van der Waals surface area contributed by atoms with Crippen LogP contribution in [0.25, 0.3) is 0 Å². The number of rotatable bonds is 7. The minimum absolute atomic E-state index is 0.0969. The van der Waals surface area contributed by atoms with Crippen LogP contribution in [-0.4, -0.2) is 23.1 Å². The van der Waals surface area contributed by atoms with E-state index in [1.165, 1.54) is 0 Å². The number of carbonyl (C=O) groups excluding carboxylic acids is 1. The van der Waals surface area contributed by atoms with Crippen molar-refractivity contribution in [1.82, 2.24) is 5.32 Å². The average molecular weight is 456 g/mol. The van der Waals surface area contributed by atoms with E-state index >= 15 is 0 Å². The van der Waals surface area contributed by atoms with Crippen molar-refractivity contribution in [2.24, 2.45) is 10.7 Å². The number of amidine groups is 1. The first-order valence-corrected chi connectivity index (χ1v) is 10.5. The smallest absolute Gasteiger partial charge is 0.269 e. The molecule has 0 spiro atoms. The van der Waals surface area contributed by atoms with Crippen molar-refractivity contribution in [3.63, 3.8) is 0 Å². The maximum absolute atomic E-state index is 13.1. The molecule has 3 aromatic rings. The topological polar surface area (TPSA) is 87.7 Å². The lowest BCUT2D eigenvalue weighted by atomic mass is 9.98. The van der Waals surface area contributed by atoms with Gasteiger partial charge in [-0.15, -0.1) is 0 Å². The van der Waals surface area contributed by atoms with Crippen molar-refractivity contribution < 1.29 is 9.90 Å². The predicted octanol–water partition coefficient (Wildman–Crippen LogP) is 4.68. The number of aliphatic imine (C=N–C) groups is 1. The Morgan fingerprint density at radius 1 is 0.935 bits per heavy atom. The summed E-state index contributed by atoms with van der Waals surface area (Å²) in [5.41, 5.74) is 8.12. The van der Waals surface area contributed by atoms with Gasteiger partial charge >= 0.3 is 0 Å². The minimum Gasteiger partial charge on any atom is -0.383 e. The Morgan fingerprint density at radius 3 is 2.26 bits per heavy atom. The van der Waals surface area contributed by atoms with Gasteiger partial charge in [-0.2, -0.15) is 4.99 Å². The molecule has 5 nitrogen and oxygen atoms in total. The molecule has 31 heavy (non-hydrogen) atoms. The summed E-state index contributed by atoms with van der Waals surface area (Å²) in [5, 5.41) is 14.9. The van der Waals surface area contributed by atoms with Crippen molar-refractivity contribution in [2.45, 2.75) is 25.1 Å². The molecule has 0 saturated carbocycles. The van der Waals surface area contributed by atoms with E-state index in [4.69, 9.17) is 28.9 Å². The standard InChI is InChI=1S/C24H23Cl2N3O2/c1-15(16-10-12-19(25)13-11-16)23(30)28-21(18-8-5-9-20(26)14-18)24(31)29-22(27)17-6-3-2-4-7-17/h2-15,21,23,28,30H,1H3,(H2,27,29,31). The summed E-state index contributed by atoms with van der Waals surface area (Å²) in [6.45, 7) is 1.85. The highest BCUT2D eigenvalue weighted by Gasteiger charge is 2.27. The molecule has 7 heteroatoms. The number of hydrogen-bond acceptors (Lipinski definition) is 3. The van der Waals surface area contributed by atoms with E-state index in [1.807, 2.05) is 37.3 Å². The first-order chi connectivity index (χ1) is 14.8. The number of benzene rings is 3. The second kappa shape index (κ2) is 10.6. The van der Waals surface area contributed by atoms with Gasteiger partial charge in [0.2, 0.25) is 0 Å². The van der Waals surface area contributed by atoms with E-state index in [2.05, 4.69) is 10.3 Å². The summed E-state index contributed by atoms with van der Waals surface area (Å²) in [4.78, 5) is 17.1. The molecular weight excluding hydrogens is 433 g/mol. The van der Waals surface area contributed by atoms with Gasteiger partial charge in [0.05, 0.1) is 0 Å². The van der Waals surface area contributed by atoms with Crippen molar-refractivity contribution in [3.05, 3.63) is 106 Å². The van der Waals surface area contributed by atoms with Crippen LogP contribution in [0.3, 0.4) is 0 Å². The minimum atomic E-state index is -1.04. The van der Waals surface area contributed by atoms with Crippen molar-refractivity contribution in [1.29, 1.82) is 0 Å². The fraction of sp³-hybridized carbons (Fsp3) is 0.167. The van der Waals surface area contributed by atoms with Gasteiger partial charge in [-0.05, 0) is 35.4 Å². The van der Waals surface area contributed by atoms with Crippen molar-refractivity contribution >= 4 is 34.9 Å². The van der Waals surface area contributed by atoms with Gasteiger partial charge < -0.3 is 10.8 Å². The van der Waals surface area contributed by atoms with Gasteiger partial charge in [0.1, 0.15) is 18.1 Å². The summed E-state index contributed by atoms with van der Waals surface area (Å²) in [6, 6.07) is 22.1. The number of nitrogens with zero attached hydrogens (tertiary/aromatic N) is 1. The van der Waals surface area contributed by atoms with Crippen molar-refractivity contribution in [3.8, 4) is 0 Å². The van der Waals surface area contributed by atoms with Crippen LogP contribution in [0.15, 0.2) is 83.9 Å². The molecule has 0 saturated heterocycles. The Balaban J connectivity index is 1.87. The molecule has 0 aliphatic heterocycles. The Bertz CT molecular complexity index is 1060. The van der Waals surface area contributed by atoms with E-state index in [-0.39, 0.29) is 11.8 Å². The largest absolute Gasteiger partial charge is 0.383 e. The number of aliphatic hydroxyl groups excluding tert-OH is 1. The van der Waals surface area contributed by atoms with E-state index in [9.17, 15) is 9.90 Å². The second-order valence-electron chi connectivity index (χ2n) is 7.14. The van der Waals surface area contributed by atoms with E-state index in [0.29, 0.717) is 21.2 Å². The molecule has 0 aliphatic carbocycles. The van der Waals surface area contributed by atoms with Crippen LogP contribution in [0, 0.1) is 0 Å². The number of aliphatic hydroxyl groups is 1. The first-order valence-electron chi connectivity index (χ1n) is 9.73. The molecule has 0 heterocycles. The van der Waals surface area contributed by atoms with Crippen LogP contribution in [0.1, 0.15) is 35.6 Å². The molecule has 0 aliphatic rings. The molecule has 0 radical (unpaired) electrons. The average Bonchev–Trinajstić information content (AvgIpc) is 2.77. The third-order valence-corrected chi connectivity index (χ3v) is 5.42. The summed E-state index contributed by atoms with van der Waals surface area (Å²) in [5.74, 6) is -0.757. The van der Waals surface area contributed by atoms with Gasteiger partial charge in [-0.1, -0.05) is 84.7 Å². The Hall–Kier alpha value is -2.70. The molecule has 3 unspecified atom stereocenters. The van der Waals surface area contributed by atoms with Gasteiger partial charge in [0, 0.05) is 21.5 Å². The number of carbonyl (C=O) groups is 1. The maximum Gasteiger partial charge on any atom is 0.269 e. The van der Waals surface area contributed by atoms with E-state index in [1.54, 1.807) is 48.5 Å². The zero-order valence-corrected chi connectivity index (χ0v) is 18.4. The summed E-state index contributed by atoms with van der Waals surface area (Å²) in [7, 11) is 0. The third-order valence-electron chi connectivity index (χ3n) is 4.94. The normalized spacial score (nSPS) is 14.6. The lowest BCUT2D eigenvalue weighted by Crippen LogP contribution is -2.40. The van der Waals surface area contributed by atoms with Crippen LogP contribution in [0.2, 0.25) is 10.0 Å². The molecule has 1 amide bonds. The van der Waals surface area contributed by atoms with Crippen LogP contribution in [-0.2, 0) is 4.79 Å². The maximum atomic E-state index is 13.1.